The van der Waals surface area contributed by atoms with E-state index in [4.69, 9.17) is 0 Å². The zero-order chi connectivity index (χ0) is 14.1. The molecule has 3 aromatic rings. The summed E-state index contributed by atoms with van der Waals surface area (Å²) in [5, 5.41) is 15.2. The molecular weight excluding hydrogens is 277 g/mol. The van der Waals surface area contributed by atoms with Crippen LogP contribution in [0.5, 0.6) is 0 Å². The highest BCUT2D eigenvalue weighted by Gasteiger charge is 2.15. The van der Waals surface area contributed by atoms with Gasteiger partial charge < -0.3 is 5.11 Å². The number of hydrogen-bond donors (Lipinski definition) is 1. The number of aliphatic hydroxyl groups excluding tert-OH is 1. The van der Waals surface area contributed by atoms with E-state index in [2.05, 4.69) is 10.1 Å². The van der Waals surface area contributed by atoms with Crippen molar-refractivity contribution in [3.05, 3.63) is 47.1 Å². The first-order valence-electron chi connectivity index (χ1n) is 6.41. The lowest BCUT2D eigenvalue weighted by molar-refractivity contribution is 0.178. The van der Waals surface area contributed by atoms with Crippen LogP contribution in [0.25, 0.3) is 10.1 Å². The van der Waals surface area contributed by atoms with Gasteiger partial charge in [0.15, 0.2) is 0 Å². The van der Waals surface area contributed by atoms with Crippen LogP contribution in [0, 0.1) is 5.82 Å². The maximum absolute atomic E-state index is 13.2. The molecule has 1 aromatic carbocycles. The molecule has 0 spiro atoms. The molecule has 4 nitrogen and oxygen atoms in total. The minimum Gasteiger partial charge on any atom is -0.387 e. The molecule has 20 heavy (non-hydrogen) atoms. The van der Waals surface area contributed by atoms with E-state index in [9.17, 15) is 9.50 Å². The van der Waals surface area contributed by atoms with E-state index >= 15 is 0 Å². The minimum atomic E-state index is -0.648. The zero-order valence-corrected chi connectivity index (χ0v) is 11.8. The van der Waals surface area contributed by atoms with Gasteiger partial charge in [-0.3, -0.25) is 4.68 Å². The zero-order valence-electron chi connectivity index (χ0n) is 11.0. The minimum absolute atomic E-state index is 0.262. The van der Waals surface area contributed by atoms with Gasteiger partial charge in [0.1, 0.15) is 18.0 Å². The van der Waals surface area contributed by atoms with Crippen molar-refractivity contribution in [1.29, 1.82) is 0 Å². The highest BCUT2D eigenvalue weighted by Crippen LogP contribution is 2.31. The van der Waals surface area contributed by atoms with Crippen molar-refractivity contribution in [1.82, 2.24) is 14.8 Å². The van der Waals surface area contributed by atoms with Crippen molar-refractivity contribution in [3.8, 4) is 0 Å². The fourth-order valence-corrected chi connectivity index (χ4v) is 3.21. The molecule has 2 aromatic heterocycles. The van der Waals surface area contributed by atoms with Crippen LogP contribution in [-0.2, 0) is 13.0 Å². The number of rotatable bonds is 4. The standard InChI is InChI=1S/C14H14FN3OS/c1-2-18-14(16-8-17-18)7-11(19)13-6-9-5-10(15)3-4-12(9)20-13/h3-6,8,11,19H,2,7H2,1H3. The van der Waals surface area contributed by atoms with Crippen LogP contribution in [0.1, 0.15) is 23.7 Å². The maximum atomic E-state index is 13.2. The summed E-state index contributed by atoms with van der Waals surface area (Å²) in [5.74, 6) is 0.491. The van der Waals surface area contributed by atoms with Crippen LogP contribution < -0.4 is 0 Å². The number of thiophene rings is 1. The molecule has 1 unspecified atom stereocenters. The summed E-state index contributed by atoms with van der Waals surface area (Å²) in [6.07, 6.45) is 1.25. The highest BCUT2D eigenvalue weighted by molar-refractivity contribution is 7.19. The van der Waals surface area contributed by atoms with E-state index in [1.165, 1.54) is 29.8 Å². The SMILES string of the molecule is CCn1ncnc1CC(O)c1cc2cc(F)ccc2s1. The van der Waals surface area contributed by atoms with Crippen molar-refractivity contribution in [3.63, 3.8) is 0 Å². The van der Waals surface area contributed by atoms with Crippen LogP contribution in [0.2, 0.25) is 0 Å². The molecule has 0 fully saturated rings. The number of aliphatic hydroxyl groups is 1. The van der Waals surface area contributed by atoms with Gasteiger partial charge in [0.05, 0.1) is 6.10 Å². The molecule has 0 aliphatic heterocycles. The third-order valence-electron chi connectivity index (χ3n) is 3.20. The maximum Gasteiger partial charge on any atom is 0.138 e. The number of nitrogens with zero attached hydrogens (tertiary/aromatic N) is 3. The van der Waals surface area contributed by atoms with E-state index < -0.39 is 6.10 Å². The smallest absolute Gasteiger partial charge is 0.138 e. The summed E-state index contributed by atoms with van der Waals surface area (Å²) >= 11 is 1.48. The monoisotopic (exact) mass is 291 g/mol. The lowest BCUT2D eigenvalue weighted by atomic mass is 10.2. The number of halogens is 1. The Bertz CT molecular complexity index is 737. The van der Waals surface area contributed by atoms with Gasteiger partial charge in [-0.1, -0.05) is 0 Å². The first kappa shape index (κ1) is 13.2. The summed E-state index contributed by atoms with van der Waals surface area (Å²) < 4.78 is 15.9. The van der Waals surface area contributed by atoms with Crippen LogP contribution in [0.4, 0.5) is 4.39 Å². The molecule has 2 heterocycles. The molecule has 0 radical (unpaired) electrons. The molecule has 1 atom stereocenters. The van der Waals surface area contributed by atoms with Crippen molar-refractivity contribution in [2.75, 3.05) is 0 Å². The van der Waals surface area contributed by atoms with Gasteiger partial charge in [0, 0.05) is 22.5 Å². The molecule has 1 N–H and O–H groups in total. The van der Waals surface area contributed by atoms with E-state index in [-0.39, 0.29) is 5.82 Å². The fourth-order valence-electron chi connectivity index (χ4n) is 2.18. The van der Waals surface area contributed by atoms with Crippen LogP contribution in [-0.4, -0.2) is 19.9 Å². The van der Waals surface area contributed by atoms with Gasteiger partial charge in [-0.25, -0.2) is 9.37 Å². The fraction of sp³-hybridized carbons (Fsp3) is 0.286. The molecule has 3 rings (SSSR count). The second-order valence-electron chi connectivity index (χ2n) is 4.54. The van der Waals surface area contributed by atoms with Crippen LogP contribution in [0.3, 0.4) is 0 Å². The van der Waals surface area contributed by atoms with E-state index in [0.29, 0.717) is 6.42 Å². The number of fused-ring (bicyclic) bond motifs is 1. The molecular formula is C14H14FN3OS. The summed E-state index contributed by atoms with van der Waals surface area (Å²) in [5.41, 5.74) is 0. The normalized spacial score (nSPS) is 12.9. The first-order valence-corrected chi connectivity index (χ1v) is 7.22. The topological polar surface area (TPSA) is 50.9 Å². The third kappa shape index (κ3) is 2.44. The Hall–Kier alpha value is -1.79. The first-order chi connectivity index (χ1) is 9.67. The summed E-state index contributed by atoms with van der Waals surface area (Å²) in [6, 6.07) is 6.49. The molecule has 0 saturated heterocycles. The van der Waals surface area contributed by atoms with E-state index in [1.807, 2.05) is 13.0 Å². The molecule has 104 valence electrons. The van der Waals surface area contributed by atoms with Gasteiger partial charge in [-0.2, -0.15) is 5.10 Å². The van der Waals surface area contributed by atoms with Gasteiger partial charge in [0.25, 0.3) is 0 Å². The van der Waals surface area contributed by atoms with Crippen LogP contribution in [0.15, 0.2) is 30.6 Å². The van der Waals surface area contributed by atoms with E-state index in [1.54, 1.807) is 10.7 Å². The lowest BCUT2D eigenvalue weighted by Gasteiger charge is -2.08. The predicted octanol–water partition coefficient (Wildman–Crippen LogP) is 2.93. The van der Waals surface area contributed by atoms with Crippen LogP contribution >= 0.6 is 11.3 Å². The van der Waals surface area contributed by atoms with Crippen molar-refractivity contribution >= 4 is 21.4 Å². The second kappa shape index (κ2) is 5.30. The summed E-state index contributed by atoms with van der Waals surface area (Å²) in [6.45, 7) is 2.70. The highest BCUT2D eigenvalue weighted by atomic mass is 32.1. The van der Waals surface area contributed by atoms with Crippen molar-refractivity contribution in [2.45, 2.75) is 26.0 Å². The van der Waals surface area contributed by atoms with Gasteiger partial charge in [0.2, 0.25) is 0 Å². The number of aryl methyl sites for hydroxylation is 1. The summed E-state index contributed by atoms with van der Waals surface area (Å²) in [7, 11) is 0. The Morgan fingerprint density at radius 1 is 1.40 bits per heavy atom. The largest absolute Gasteiger partial charge is 0.387 e. The quantitative estimate of drug-likeness (QED) is 0.804. The Morgan fingerprint density at radius 2 is 2.25 bits per heavy atom. The molecule has 0 bridgehead atoms. The third-order valence-corrected chi connectivity index (χ3v) is 4.41. The van der Waals surface area contributed by atoms with Crippen molar-refractivity contribution < 1.29 is 9.50 Å². The number of benzene rings is 1. The van der Waals surface area contributed by atoms with Gasteiger partial charge >= 0.3 is 0 Å². The average molecular weight is 291 g/mol. The molecule has 0 aliphatic rings. The van der Waals surface area contributed by atoms with Gasteiger partial charge in [-0.15, -0.1) is 11.3 Å². The number of aromatic nitrogens is 3. The Labute approximate surface area is 119 Å². The second-order valence-corrected chi connectivity index (χ2v) is 5.66. The molecule has 0 saturated carbocycles. The molecule has 0 aliphatic carbocycles. The predicted molar refractivity (Wildman–Crippen MR) is 76.1 cm³/mol. The average Bonchev–Trinajstić information content (AvgIpc) is 3.04. The number of hydrogen-bond acceptors (Lipinski definition) is 4. The summed E-state index contributed by atoms with van der Waals surface area (Å²) in [4.78, 5) is 4.97. The Kier molecular flexibility index (Phi) is 3.50. The van der Waals surface area contributed by atoms with Crippen molar-refractivity contribution in [2.24, 2.45) is 0 Å². The van der Waals surface area contributed by atoms with Gasteiger partial charge in [-0.05, 0) is 36.6 Å². The Morgan fingerprint density at radius 3 is 3.05 bits per heavy atom. The molecule has 6 heteroatoms. The lowest BCUT2D eigenvalue weighted by Crippen LogP contribution is -2.08. The molecule has 0 amide bonds. The van der Waals surface area contributed by atoms with E-state index in [0.717, 1.165) is 27.3 Å². The Balaban J connectivity index is 1.86.